The Balaban J connectivity index is 1.55. The topological polar surface area (TPSA) is 38.9 Å². The average molecular weight is 413 g/mol. The Bertz CT molecular complexity index is 1020. The largest absolute Gasteiger partial charge is 0.398 e. The second kappa shape index (κ2) is 8.13. The fourth-order valence-electron chi connectivity index (χ4n) is 3.21. The first-order chi connectivity index (χ1) is 13.2. The number of fused-ring (bicyclic) bond motifs is 1. The lowest BCUT2D eigenvalue weighted by molar-refractivity contribution is 0.670. The van der Waals surface area contributed by atoms with Gasteiger partial charge >= 0.3 is 0 Å². The van der Waals surface area contributed by atoms with Crippen LogP contribution >= 0.6 is 34.0 Å². The highest BCUT2D eigenvalue weighted by atomic mass is 32.1. The first-order valence-electron chi connectivity index (χ1n) is 9.50. The van der Waals surface area contributed by atoms with Gasteiger partial charge in [0.05, 0.1) is 20.8 Å². The molecule has 0 aliphatic heterocycles. The minimum atomic E-state index is 0.821. The molecule has 0 fully saturated rings. The molecule has 2 nitrogen and oxygen atoms in total. The molecule has 0 saturated heterocycles. The van der Waals surface area contributed by atoms with Crippen LogP contribution in [-0.4, -0.2) is 4.98 Å². The van der Waals surface area contributed by atoms with E-state index in [1.807, 2.05) is 28.7 Å². The highest BCUT2D eigenvalue weighted by Gasteiger charge is 2.13. The minimum absolute atomic E-state index is 0.821. The van der Waals surface area contributed by atoms with Crippen LogP contribution in [0.4, 0.5) is 5.69 Å². The van der Waals surface area contributed by atoms with E-state index in [1.165, 1.54) is 57.2 Å². The number of aromatic nitrogens is 1. The Hall–Kier alpha value is -1.69. The fourth-order valence-corrected chi connectivity index (χ4v) is 6.48. The molecular formula is C22H24N2S3. The Morgan fingerprint density at radius 1 is 0.852 bits per heavy atom. The maximum absolute atomic E-state index is 6.15. The van der Waals surface area contributed by atoms with Gasteiger partial charge < -0.3 is 5.73 Å². The van der Waals surface area contributed by atoms with Gasteiger partial charge in [-0.25, -0.2) is 4.98 Å². The number of thiazole rings is 1. The smallest absolute Gasteiger partial charge is 0.134 e. The van der Waals surface area contributed by atoms with E-state index in [0.717, 1.165) is 20.9 Å². The summed E-state index contributed by atoms with van der Waals surface area (Å²) in [6.07, 6.45) is 6.49. The molecule has 4 aromatic rings. The summed E-state index contributed by atoms with van der Waals surface area (Å²) in [5.74, 6) is 0. The van der Waals surface area contributed by atoms with Crippen molar-refractivity contribution >= 4 is 49.9 Å². The lowest BCUT2D eigenvalue weighted by Gasteiger charge is -1.96. The number of benzene rings is 1. The predicted octanol–water partition coefficient (Wildman–Crippen LogP) is 7.77. The monoisotopic (exact) mass is 412 g/mol. The number of nitrogens with two attached hydrogens (primary N) is 1. The average Bonchev–Trinajstić information content (AvgIpc) is 3.40. The zero-order chi connectivity index (χ0) is 18.8. The number of rotatable bonds is 7. The molecule has 1 aromatic carbocycles. The van der Waals surface area contributed by atoms with E-state index in [4.69, 9.17) is 10.7 Å². The van der Waals surface area contributed by atoms with Gasteiger partial charge in [0.25, 0.3) is 0 Å². The highest BCUT2D eigenvalue weighted by Crippen LogP contribution is 2.41. The van der Waals surface area contributed by atoms with Crippen LogP contribution in [0.15, 0.2) is 36.4 Å². The van der Waals surface area contributed by atoms with Crippen molar-refractivity contribution < 1.29 is 0 Å². The predicted molar refractivity (Wildman–Crippen MR) is 123 cm³/mol. The van der Waals surface area contributed by atoms with Crippen LogP contribution in [0.25, 0.3) is 29.9 Å². The summed E-state index contributed by atoms with van der Waals surface area (Å²) >= 11 is 5.46. The van der Waals surface area contributed by atoms with Crippen molar-refractivity contribution in [3.63, 3.8) is 0 Å². The van der Waals surface area contributed by atoms with Crippen molar-refractivity contribution in [2.24, 2.45) is 0 Å². The highest BCUT2D eigenvalue weighted by molar-refractivity contribution is 7.28. The number of unbranched alkanes of at least 4 members (excludes halogenated alkanes) is 3. The zero-order valence-corrected chi connectivity index (χ0v) is 18.2. The standard InChI is InChI=1S/C22H24N2S3/c1-3-4-5-6-7-15-9-11-17(25-15)18-12-13-19(26-18)22-24-20-14(2)8-10-16(23)21(20)27-22/h8-13H,3-7,23H2,1-2H3. The van der Waals surface area contributed by atoms with Gasteiger partial charge in [-0.3, -0.25) is 0 Å². The third-order valence-electron chi connectivity index (χ3n) is 4.77. The van der Waals surface area contributed by atoms with Gasteiger partial charge in [0.1, 0.15) is 5.01 Å². The number of nitrogens with zero attached hydrogens (tertiary/aromatic N) is 1. The lowest BCUT2D eigenvalue weighted by Crippen LogP contribution is -1.85. The van der Waals surface area contributed by atoms with E-state index < -0.39 is 0 Å². The molecule has 0 saturated carbocycles. The van der Waals surface area contributed by atoms with E-state index in [0.29, 0.717) is 0 Å². The summed E-state index contributed by atoms with van der Waals surface area (Å²) in [6, 6.07) is 13.0. The molecule has 4 rings (SSSR count). The molecular weight excluding hydrogens is 388 g/mol. The van der Waals surface area contributed by atoms with Crippen molar-refractivity contribution in [2.45, 2.75) is 46.0 Å². The summed E-state index contributed by atoms with van der Waals surface area (Å²) in [6.45, 7) is 4.36. The van der Waals surface area contributed by atoms with Crippen molar-refractivity contribution in [1.82, 2.24) is 4.98 Å². The van der Waals surface area contributed by atoms with Crippen LogP contribution in [0, 0.1) is 6.92 Å². The van der Waals surface area contributed by atoms with Gasteiger partial charge in [0.2, 0.25) is 0 Å². The van der Waals surface area contributed by atoms with Crippen LogP contribution < -0.4 is 5.73 Å². The van der Waals surface area contributed by atoms with Gasteiger partial charge in [-0.1, -0.05) is 32.3 Å². The number of anilines is 1. The van der Waals surface area contributed by atoms with E-state index in [-0.39, 0.29) is 0 Å². The number of aryl methyl sites for hydroxylation is 2. The van der Waals surface area contributed by atoms with Crippen molar-refractivity contribution in [3.8, 4) is 19.6 Å². The van der Waals surface area contributed by atoms with Crippen LogP contribution in [-0.2, 0) is 6.42 Å². The number of hydrogen-bond donors (Lipinski definition) is 1. The summed E-state index contributed by atoms with van der Waals surface area (Å²) in [7, 11) is 0. The minimum Gasteiger partial charge on any atom is -0.398 e. The van der Waals surface area contributed by atoms with Crippen LogP contribution in [0.2, 0.25) is 0 Å². The van der Waals surface area contributed by atoms with Crippen molar-refractivity contribution in [3.05, 3.63) is 46.8 Å². The molecule has 27 heavy (non-hydrogen) atoms. The fraction of sp³-hybridized carbons (Fsp3) is 0.318. The molecule has 0 radical (unpaired) electrons. The van der Waals surface area contributed by atoms with Crippen molar-refractivity contribution in [1.29, 1.82) is 0 Å². The van der Waals surface area contributed by atoms with E-state index >= 15 is 0 Å². The molecule has 0 aliphatic carbocycles. The summed E-state index contributed by atoms with van der Waals surface area (Å²) in [5.41, 5.74) is 9.19. The first kappa shape index (κ1) is 18.7. The molecule has 140 valence electrons. The van der Waals surface area contributed by atoms with Crippen LogP contribution in [0.5, 0.6) is 0 Å². The van der Waals surface area contributed by atoms with E-state index in [1.54, 1.807) is 11.3 Å². The maximum atomic E-state index is 6.15. The third kappa shape index (κ3) is 3.96. The SMILES string of the molecule is CCCCCCc1ccc(-c2ccc(-c3nc4c(C)ccc(N)c4s3)s2)s1. The Morgan fingerprint density at radius 3 is 2.44 bits per heavy atom. The lowest BCUT2D eigenvalue weighted by atomic mass is 10.1. The molecule has 0 amide bonds. The maximum Gasteiger partial charge on any atom is 0.134 e. The zero-order valence-electron chi connectivity index (χ0n) is 15.7. The van der Waals surface area contributed by atoms with Crippen LogP contribution in [0.3, 0.4) is 0 Å². The number of thiophene rings is 2. The molecule has 0 aliphatic rings. The molecule has 0 spiro atoms. The first-order valence-corrected chi connectivity index (χ1v) is 12.0. The van der Waals surface area contributed by atoms with Gasteiger partial charge in [-0.15, -0.1) is 34.0 Å². The molecule has 5 heteroatoms. The molecule has 3 heterocycles. The third-order valence-corrected chi connectivity index (χ3v) is 8.47. The molecule has 2 N–H and O–H groups in total. The van der Waals surface area contributed by atoms with Crippen molar-refractivity contribution in [2.75, 3.05) is 5.73 Å². The normalized spacial score (nSPS) is 11.5. The van der Waals surface area contributed by atoms with E-state index in [9.17, 15) is 0 Å². The van der Waals surface area contributed by atoms with Gasteiger partial charge in [0, 0.05) is 14.6 Å². The van der Waals surface area contributed by atoms with Crippen LogP contribution in [0.1, 0.15) is 43.0 Å². The Kier molecular flexibility index (Phi) is 5.62. The second-order valence-electron chi connectivity index (χ2n) is 6.91. The van der Waals surface area contributed by atoms with Gasteiger partial charge in [0.15, 0.2) is 0 Å². The summed E-state index contributed by atoms with van der Waals surface area (Å²) < 4.78 is 1.10. The molecule has 0 unspecified atom stereocenters. The quantitative estimate of drug-likeness (QED) is 0.249. The molecule has 3 aromatic heterocycles. The van der Waals surface area contributed by atoms with Gasteiger partial charge in [-0.05, 0) is 55.7 Å². The van der Waals surface area contributed by atoms with E-state index in [2.05, 4.69) is 44.2 Å². The van der Waals surface area contributed by atoms with Gasteiger partial charge in [-0.2, -0.15) is 0 Å². The second-order valence-corrected chi connectivity index (χ2v) is 10.2. The Morgan fingerprint density at radius 2 is 1.63 bits per heavy atom. The summed E-state index contributed by atoms with van der Waals surface area (Å²) in [4.78, 5) is 10.3. The Labute approximate surface area is 172 Å². The number of hydrogen-bond acceptors (Lipinski definition) is 5. The molecule has 0 bridgehead atoms. The number of nitrogen functional groups attached to an aromatic ring is 1. The molecule has 0 atom stereocenters. The summed E-state index contributed by atoms with van der Waals surface area (Å²) in [5, 5.41) is 1.07.